The SMILES string of the molecule is CCOC(=O)/C(C(N)=O)=C(/O)c1cnccn1. The second kappa shape index (κ2) is 5.59. The van der Waals surface area contributed by atoms with Gasteiger partial charge in [0.05, 0.1) is 12.8 Å². The van der Waals surface area contributed by atoms with Crippen LogP contribution in [0.25, 0.3) is 5.76 Å². The van der Waals surface area contributed by atoms with E-state index in [4.69, 9.17) is 5.73 Å². The molecule has 0 fully saturated rings. The summed E-state index contributed by atoms with van der Waals surface area (Å²) >= 11 is 0. The lowest BCUT2D eigenvalue weighted by Gasteiger charge is -2.06. The molecule has 0 radical (unpaired) electrons. The summed E-state index contributed by atoms with van der Waals surface area (Å²) in [5.41, 5.74) is 4.32. The molecule has 0 unspecified atom stereocenters. The smallest absolute Gasteiger partial charge is 0.347 e. The Hall–Kier alpha value is -2.44. The molecule has 1 heterocycles. The molecule has 0 aliphatic rings. The van der Waals surface area contributed by atoms with Gasteiger partial charge in [0.2, 0.25) is 0 Å². The molecule has 1 aromatic heterocycles. The first kappa shape index (κ1) is 12.6. The molecule has 0 aliphatic carbocycles. The highest BCUT2D eigenvalue weighted by atomic mass is 16.5. The Labute approximate surface area is 96.9 Å². The summed E-state index contributed by atoms with van der Waals surface area (Å²) in [6.07, 6.45) is 3.87. The van der Waals surface area contributed by atoms with Crippen molar-refractivity contribution in [1.82, 2.24) is 9.97 Å². The largest absolute Gasteiger partial charge is 0.505 e. The second-order valence-corrected chi connectivity index (χ2v) is 2.90. The van der Waals surface area contributed by atoms with Crippen molar-refractivity contribution in [2.75, 3.05) is 6.61 Å². The minimum atomic E-state index is -1.09. The molecule has 0 atom stereocenters. The van der Waals surface area contributed by atoms with Gasteiger partial charge < -0.3 is 15.6 Å². The van der Waals surface area contributed by atoms with Crippen LogP contribution in [0.15, 0.2) is 24.2 Å². The highest BCUT2D eigenvalue weighted by Crippen LogP contribution is 2.13. The maximum absolute atomic E-state index is 11.4. The monoisotopic (exact) mass is 237 g/mol. The average molecular weight is 237 g/mol. The molecule has 7 nitrogen and oxygen atoms in total. The van der Waals surface area contributed by atoms with E-state index in [1.165, 1.54) is 18.6 Å². The Morgan fingerprint density at radius 2 is 2.18 bits per heavy atom. The normalized spacial score (nSPS) is 11.6. The molecular weight excluding hydrogens is 226 g/mol. The van der Waals surface area contributed by atoms with E-state index in [1.807, 2.05) is 0 Å². The number of nitrogens with zero attached hydrogens (tertiary/aromatic N) is 2. The summed E-state index contributed by atoms with van der Waals surface area (Å²) < 4.78 is 4.60. The first-order valence-electron chi connectivity index (χ1n) is 4.74. The molecule has 3 N–H and O–H groups in total. The number of aliphatic hydroxyl groups excluding tert-OH is 1. The first-order chi connectivity index (χ1) is 8.07. The fraction of sp³-hybridized carbons (Fsp3) is 0.200. The number of rotatable bonds is 4. The third kappa shape index (κ3) is 3.00. The van der Waals surface area contributed by atoms with E-state index in [0.29, 0.717) is 0 Å². The van der Waals surface area contributed by atoms with Crippen LogP contribution < -0.4 is 5.73 Å². The number of hydrogen-bond donors (Lipinski definition) is 2. The average Bonchev–Trinajstić information content (AvgIpc) is 2.30. The van der Waals surface area contributed by atoms with Gasteiger partial charge in [-0.15, -0.1) is 0 Å². The molecule has 7 heteroatoms. The molecule has 17 heavy (non-hydrogen) atoms. The van der Waals surface area contributed by atoms with Crippen LogP contribution in [-0.4, -0.2) is 33.6 Å². The quantitative estimate of drug-likeness (QED) is 0.246. The highest BCUT2D eigenvalue weighted by molar-refractivity contribution is 6.20. The number of ether oxygens (including phenoxy) is 1. The lowest BCUT2D eigenvalue weighted by molar-refractivity contribution is -0.139. The van der Waals surface area contributed by atoms with E-state index in [1.54, 1.807) is 6.92 Å². The highest BCUT2D eigenvalue weighted by Gasteiger charge is 2.24. The number of esters is 1. The standard InChI is InChI=1S/C10H11N3O4/c1-2-17-10(16)7(9(11)15)8(14)6-5-12-3-4-13-6/h3-5,14H,2H2,1H3,(H2,11,15)/b8-7+. The van der Waals surface area contributed by atoms with Crippen molar-refractivity contribution in [3.05, 3.63) is 29.9 Å². The molecule has 0 spiro atoms. The number of carbonyl (C=O) groups excluding carboxylic acids is 2. The van der Waals surface area contributed by atoms with Crippen molar-refractivity contribution < 1.29 is 19.4 Å². The summed E-state index contributed by atoms with van der Waals surface area (Å²) in [4.78, 5) is 29.9. The number of primary amides is 1. The summed E-state index contributed by atoms with van der Waals surface area (Å²) in [7, 11) is 0. The van der Waals surface area contributed by atoms with E-state index in [-0.39, 0.29) is 12.3 Å². The topological polar surface area (TPSA) is 115 Å². The molecule has 0 saturated heterocycles. The van der Waals surface area contributed by atoms with Gasteiger partial charge in [-0.05, 0) is 6.92 Å². The molecular formula is C10H11N3O4. The van der Waals surface area contributed by atoms with Crippen molar-refractivity contribution >= 4 is 17.6 Å². The maximum Gasteiger partial charge on any atom is 0.347 e. The van der Waals surface area contributed by atoms with Gasteiger partial charge in [0.15, 0.2) is 11.3 Å². The fourth-order valence-electron chi connectivity index (χ4n) is 1.07. The lowest BCUT2D eigenvalue weighted by Crippen LogP contribution is -2.24. The lowest BCUT2D eigenvalue weighted by atomic mass is 10.2. The summed E-state index contributed by atoms with van der Waals surface area (Å²) in [6.45, 7) is 1.62. The minimum absolute atomic E-state index is 0.0330. The Morgan fingerprint density at radius 1 is 1.47 bits per heavy atom. The van der Waals surface area contributed by atoms with E-state index < -0.39 is 23.2 Å². The molecule has 0 bridgehead atoms. The minimum Gasteiger partial charge on any atom is -0.505 e. The number of aliphatic hydroxyl groups is 1. The third-order valence-electron chi connectivity index (χ3n) is 1.77. The van der Waals surface area contributed by atoms with Gasteiger partial charge in [-0.25, -0.2) is 9.78 Å². The molecule has 1 aromatic rings. The third-order valence-corrected chi connectivity index (χ3v) is 1.77. The maximum atomic E-state index is 11.4. The van der Waals surface area contributed by atoms with E-state index in [2.05, 4.69) is 14.7 Å². The molecule has 90 valence electrons. The van der Waals surface area contributed by atoms with Gasteiger partial charge in [-0.2, -0.15) is 0 Å². The van der Waals surface area contributed by atoms with Crippen LogP contribution in [0.2, 0.25) is 0 Å². The van der Waals surface area contributed by atoms with Crippen molar-refractivity contribution in [2.24, 2.45) is 5.73 Å². The zero-order valence-corrected chi connectivity index (χ0v) is 9.08. The zero-order valence-electron chi connectivity index (χ0n) is 9.08. The molecule has 1 rings (SSSR count). The van der Waals surface area contributed by atoms with Gasteiger partial charge >= 0.3 is 5.97 Å². The van der Waals surface area contributed by atoms with Crippen LogP contribution in [0.4, 0.5) is 0 Å². The summed E-state index contributed by atoms with van der Waals surface area (Å²) in [6, 6.07) is 0. The van der Waals surface area contributed by atoms with Crippen LogP contribution in [-0.2, 0) is 14.3 Å². The number of nitrogens with two attached hydrogens (primary N) is 1. The Kier molecular flexibility index (Phi) is 4.15. The Morgan fingerprint density at radius 3 is 2.65 bits per heavy atom. The van der Waals surface area contributed by atoms with Crippen LogP contribution in [0.5, 0.6) is 0 Å². The number of hydrogen-bond acceptors (Lipinski definition) is 6. The van der Waals surface area contributed by atoms with Crippen LogP contribution in [0, 0.1) is 0 Å². The predicted molar refractivity (Wildman–Crippen MR) is 57.4 cm³/mol. The molecule has 1 amide bonds. The Balaban J connectivity index is 3.21. The van der Waals surface area contributed by atoms with Crippen molar-refractivity contribution in [3.8, 4) is 0 Å². The van der Waals surface area contributed by atoms with Gasteiger partial charge in [0.1, 0.15) is 5.69 Å². The van der Waals surface area contributed by atoms with Gasteiger partial charge in [0.25, 0.3) is 5.91 Å². The number of amides is 1. The van der Waals surface area contributed by atoms with Crippen LogP contribution in [0.1, 0.15) is 12.6 Å². The van der Waals surface area contributed by atoms with Gasteiger partial charge in [-0.1, -0.05) is 0 Å². The summed E-state index contributed by atoms with van der Waals surface area (Å²) in [5.74, 6) is -2.74. The van der Waals surface area contributed by atoms with Crippen molar-refractivity contribution in [2.45, 2.75) is 6.92 Å². The Bertz CT molecular complexity index is 456. The van der Waals surface area contributed by atoms with Gasteiger partial charge in [-0.3, -0.25) is 9.78 Å². The van der Waals surface area contributed by atoms with E-state index >= 15 is 0 Å². The van der Waals surface area contributed by atoms with E-state index in [0.717, 1.165) is 0 Å². The van der Waals surface area contributed by atoms with Crippen molar-refractivity contribution in [1.29, 1.82) is 0 Å². The second-order valence-electron chi connectivity index (χ2n) is 2.90. The number of aromatic nitrogens is 2. The van der Waals surface area contributed by atoms with Crippen LogP contribution >= 0.6 is 0 Å². The van der Waals surface area contributed by atoms with Gasteiger partial charge in [0, 0.05) is 12.4 Å². The summed E-state index contributed by atoms with van der Waals surface area (Å²) in [5, 5.41) is 9.72. The van der Waals surface area contributed by atoms with E-state index in [9.17, 15) is 14.7 Å². The number of carbonyl (C=O) groups is 2. The predicted octanol–water partition coefficient (Wildman–Crippen LogP) is -0.206. The van der Waals surface area contributed by atoms with Crippen LogP contribution in [0.3, 0.4) is 0 Å². The zero-order chi connectivity index (χ0) is 12.8. The molecule has 0 aliphatic heterocycles. The first-order valence-corrected chi connectivity index (χ1v) is 4.74. The van der Waals surface area contributed by atoms with Crippen molar-refractivity contribution in [3.63, 3.8) is 0 Å². The molecule has 0 saturated carbocycles. The molecule has 0 aromatic carbocycles. The fourth-order valence-corrected chi connectivity index (χ4v) is 1.07.